The molecule has 3 rings (SSSR count). The third-order valence-corrected chi connectivity index (χ3v) is 4.89. The lowest BCUT2D eigenvalue weighted by atomic mass is 10.1. The number of anilines is 1. The predicted octanol–water partition coefficient (Wildman–Crippen LogP) is 0.386. The number of nitrogens with one attached hydrogen (secondary N) is 3. The lowest BCUT2D eigenvalue weighted by molar-refractivity contribution is -0.124. The van der Waals surface area contributed by atoms with Gasteiger partial charge in [-0.25, -0.2) is 9.18 Å². The van der Waals surface area contributed by atoms with Crippen molar-refractivity contribution in [3.8, 4) is 0 Å². The molecule has 10 heteroatoms. The molecule has 2 heterocycles. The summed E-state index contributed by atoms with van der Waals surface area (Å²) in [5.41, 5.74) is 0.448. The van der Waals surface area contributed by atoms with E-state index in [-0.39, 0.29) is 31.1 Å². The molecule has 0 saturated carbocycles. The molecular weight excluding hydrogens is 385 g/mol. The van der Waals surface area contributed by atoms with E-state index in [1.54, 1.807) is 7.11 Å². The molecule has 0 aliphatic carbocycles. The van der Waals surface area contributed by atoms with Crippen molar-refractivity contribution in [3.05, 3.63) is 30.1 Å². The highest BCUT2D eigenvalue weighted by Gasteiger charge is 2.50. The molecule has 9 nitrogen and oxygen atoms in total. The standard InChI is InChI=1S/C19H26FN3O6/c1-27-7-6-21-16(24)9-13-8-14-18(28-13)17(25)15(29-14)10-22-19(26)23-12-4-2-11(20)3-5-12/h2-5,13-15,17-18,25H,6-10H2,1H3,(H,21,24)(H2,22,23,26)/t13-,14+,15+,17+,18-/m0/s1. The largest absolute Gasteiger partial charge is 0.388 e. The minimum Gasteiger partial charge on any atom is -0.388 e. The molecule has 0 unspecified atom stereocenters. The molecule has 0 bridgehead atoms. The summed E-state index contributed by atoms with van der Waals surface area (Å²) in [4.78, 5) is 23.8. The zero-order valence-electron chi connectivity index (χ0n) is 16.1. The second kappa shape index (κ2) is 9.97. The van der Waals surface area contributed by atoms with Crippen LogP contribution >= 0.6 is 0 Å². The van der Waals surface area contributed by atoms with Crippen LogP contribution in [-0.2, 0) is 19.0 Å². The molecule has 0 spiro atoms. The van der Waals surface area contributed by atoms with E-state index in [4.69, 9.17) is 14.2 Å². The van der Waals surface area contributed by atoms with E-state index in [1.807, 2.05) is 0 Å². The topological polar surface area (TPSA) is 118 Å². The van der Waals surface area contributed by atoms with Gasteiger partial charge in [-0.2, -0.15) is 0 Å². The van der Waals surface area contributed by atoms with Gasteiger partial charge in [0.25, 0.3) is 0 Å². The van der Waals surface area contributed by atoms with Crippen molar-refractivity contribution in [1.29, 1.82) is 0 Å². The number of methoxy groups -OCH3 is 1. The highest BCUT2D eigenvalue weighted by atomic mass is 19.1. The number of ether oxygens (including phenoxy) is 3. The first-order valence-electron chi connectivity index (χ1n) is 9.51. The third-order valence-electron chi connectivity index (χ3n) is 4.89. The molecule has 2 fully saturated rings. The summed E-state index contributed by atoms with van der Waals surface area (Å²) in [6, 6.07) is 4.88. The molecule has 3 amide bonds. The van der Waals surface area contributed by atoms with Crippen LogP contribution in [0.2, 0.25) is 0 Å². The van der Waals surface area contributed by atoms with E-state index in [1.165, 1.54) is 24.3 Å². The number of hydrogen-bond acceptors (Lipinski definition) is 6. The van der Waals surface area contributed by atoms with Crippen LogP contribution in [0.4, 0.5) is 14.9 Å². The van der Waals surface area contributed by atoms with E-state index in [0.29, 0.717) is 25.3 Å². The summed E-state index contributed by atoms with van der Waals surface area (Å²) in [5.74, 6) is -0.534. The summed E-state index contributed by atoms with van der Waals surface area (Å²) in [7, 11) is 1.56. The van der Waals surface area contributed by atoms with Crippen LogP contribution in [0.3, 0.4) is 0 Å². The van der Waals surface area contributed by atoms with Crippen LogP contribution in [0.1, 0.15) is 12.8 Å². The molecule has 0 aromatic heterocycles. The maximum absolute atomic E-state index is 12.9. The number of carbonyl (C=O) groups is 2. The highest BCUT2D eigenvalue weighted by Crippen LogP contribution is 2.35. The lowest BCUT2D eigenvalue weighted by Crippen LogP contribution is -2.42. The maximum atomic E-state index is 12.9. The number of hydrogen-bond donors (Lipinski definition) is 4. The van der Waals surface area contributed by atoms with Crippen LogP contribution < -0.4 is 16.0 Å². The van der Waals surface area contributed by atoms with Gasteiger partial charge < -0.3 is 35.3 Å². The summed E-state index contributed by atoms with van der Waals surface area (Å²) in [5, 5.41) is 18.4. The first kappa shape index (κ1) is 21.4. The van der Waals surface area contributed by atoms with Gasteiger partial charge in [0, 0.05) is 32.3 Å². The number of urea groups is 1. The maximum Gasteiger partial charge on any atom is 0.319 e. The number of fused-ring (bicyclic) bond motifs is 1. The molecule has 2 aliphatic rings. The molecule has 0 radical (unpaired) electrons. The quantitative estimate of drug-likeness (QED) is 0.460. The van der Waals surface area contributed by atoms with Crippen molar-refractivity contribution in [2.24, 2.45) is 0 Å². The third kappa shape index (κ3) is 5.86. The summed E-state index contributed by atoms with van der Waals surface area (Å²) >= 11 is 0. The molecular formula is C19H26FN3O6. The Hall–Kier alpha value is -2.27. The number of amides is 3. The summed E-state index contributed by atoms with van der Waals surface area (Å²) in [6.07, 6.45) is -2.01. The number of aliphatic hydroxyl groups excluding tert-OH is 1. The normalized spacial score (nSPS) is 28.0. The minimum atomic E-state index is -0.910. The van der Waals surface area contributed by atoms with Gasteiger partial charge in [0.15, 0.2) is 0 Å². The van der Waals surface area contributed by atoms with E-state index < -0.39 is 30.2 Å². The number of carbonyl (C=O) groups excluding carboxylic acids is 2. The van der Waals surface area contributed by atoms with E-state index in [2.05, 4.69) is 16.0 Å². The van der Waals surface area contributed by atoms with Gasteiger partial charge in [0.1, 0.15) is 24.1 Å². The van der Waals surface area contributed by atoms with Gasteiger partial charge in [-0.3, -0.25) is 4.79 Å². The fraction of sp³-hybridized carbons (Fsp3) is 0.579. The van der Waals surface area contributed by atoms with Crippen molar-refractivity contribution in [1.82, 2.24) is 10.6 Å². The van der Waals surface area contributed by atoms with Gasteiger partial charge in [-0.1, -0.05) is 0 Å². The number of halogens is 1. The van der Waals surface area contributed by atoms with Gasteiger partial charge >= 0.3 is 6.03 Å². The number of aliphatic hydroxyl groups is 1. The molecule has 29 heavy (non-hydrogen) atoms. The number of rotatable bonds is 8. The lowest BCUT2D eigenvalue weighted by Gasteiger charge is -2.20. The van der Waals surface area contributed by atoms with Crippen LogP contribution in [0.25, 0.3) is 0 Å². The molecule has 160 valence electrons. The highest BCUT2D eigenvalue weighted by molar-refractivity contribution is 5.89. The average Bonchev–Trinajstić information content (AvgIpc) is 3.20. The van der Waals surface area contributed by atoms with Gasteiger partial charge in [-0.05, 0) is 24.3 Å². The molecule has 1 aromatic rings. The smallest absolute Gasteiger partial charge is 0.319 e. The Morgan fingerprint density at radius 3 is 2.69 bits per heavy atom. The Labute approximate surface area is 167 Å². The first-order valence-corrected chi connectivity index (χ1v) is 9.51. The predicted molar refractivity (Wildman–Crippen MR) is 101 cm³/mol. The monoisotopic (exact) mass is 411 g/mol. The van der Waals surface area contributed by atoms with E-state index in [9.17, 15) is 19.1 Å². The fourth-order valence-electron chi connectivity index (χ4n) is 3.48. The Bertz CT molecular complexity index is 704. The van der Waals surface area contributed by atoms with Gasteiger partial charge in [0.2, 0.25) is 5.91 Å². The van der Waals surface area contributed by atoms with Crippen molar-refractivity contribution in [2.45, 2.75) is 43.4 Å². The minimum absolute atomic E-state index is 0.0900. The molecule has 4 N–H and O–H groups in total. The zero-order chi connectivity index (χ0) is 20.8. The van der Waals surface area contributed by atoms with Gasteiger partial charge in [0.05, 0.1) is 25.2 Å². The molecule has 2 saturated heterocycles. The zero-order valence-corrected chi connectivity index (χ0v) is 16.1. The fourth-order valence-corrected chi connectivity index (χ4v) is 3.48. The van der Waals surface area contributed by atoms with E-state index >= 15 is 0 Å². The Balaban J connectivity index is 1.39. The van der Waals surface area contributed by atoms with E-state index in [0.717, 1.165) is 0 Å². The van der Waals surface area contributed by atoms with Crippen LogP contribution in [0, 0.1) is 5.82 Å². The second-order valence-corrected chi connectivity index (χ2v) is 7.05. The van der Waals surface area contributed by atoms with Crippen molar-refractivity contribution < 1.29 is 33.3 Å². The van der Waals surface area contributed by atoms with Crippen molar-refractivity contribution in [3.63, 3.8) is 0 Å². The second-order valence-electron chi connectivity index (χ2n) is 7.05. The van der Waals surface area contributed by atoms with Crippen molar-refractivity contribution in [2.75, 3.05) is 32.1 Å². The Morgan fingerprint density at radius 1 is 1.24 bits per heavy atom. The average molecular weight is 411 g/mol. The Kier molecular flexibility index (Phi) is 7.37. The van der Waals surface area contributed by atoms with Crippen molar-refractivity contribution >= 4 is 17.6 Å². The molecule has 2 aliphatic heterocycles. The first-order chi connectivity index (χ1) is 14.0. The SMILES string of the molecule is COCCNC(=O)C[C@@H]1C[C@H]2O[C@H](CNC(=O)Nc3ccc(F)cc3)[C@@H](O)[C@H]2O1. The van der Waals surface area contributed by atoms with Crippen LogP contribution in [-0.4, -0.2) is 74.4 Å². The van der Waals surface area contributed by atoms with Crippen LogP contribution in [0.5, 0.6) is 0 Å². The van der Waals surface area contributed by atoms with Crippen LogP contribution in [0.15, 0.2) is 24.3 Å². The molecule has 5 atom stereocenters. The summed E-state index contributed by atoms with van der Waals surface area (Å²) < 4.78 is 29.4. The summed E-state index contributed by atoms with van der Waals surface area (Å²) in [6.45, 7) is 0.961. The molecule has 1 aromatic carbocycles. The van der Waals surface area contributed by atoms with Gasteiger partial charge in [-0.15, -0.1) is 0 Å². The number of benzene rings is 1. The Morgan fingerprint density at radius 2 is 2.00 bits per heavy atom.